The van der Waals surface area contributed by atoms with Crippen molar-refractivity contribution in [1.29, 1.82) is 0 Å². The van der Waals surface area contributed by atoms with Gasteiger partial charge in [0.2, 0.25) is 5.91 Å². The maximum atomic E-state index is 12.8. The zero-order valence-electron chi connectivity index (χ0n) is 17.3. The molecular weight excluding hydrogens is 443 g/mol. The number of carbonyl (C=O) groups is 2. The average molecular weight is 461 g/mol. The molecule has 0 saturated heterocycles. The van der Waals surface area contributed by atoms with Gasteiger partial charge in [0.05, 0.1) is 37.6 Å². The summed E-state index contributed by atoms with van der Waals surface area (Å²) in [5, 5.41) is 2.69. The third-order valence-corrected chi connectivity index (χ3v) is 4.86. The number of nitrogens with one attached hydrogen (secondary N) is 1. The molecule has 12 heteroatoms. The first kappa shape index (κ1) is 22.2. The van der Waals surface area contributed by atoms with Crippen LogP contribution in [0.5, 0.6) is 5.75 Å². The van der Waals surface area contributed by atoms with Crippen LogP contribution >= 0.6 is 0 Å². The number of carbonyl (C=O) groups excluding carboxylic acids is 2. The van der Waals surface area contributed by atoms with Gasteiger partial charge in [-0.15, -0.1) is 0 Å². The van der Waals surface area contributed by atoms with Gasteiger partial charge >= 0.3 is 6.18 Å². The molecule has 9 nitrogen and oxygen atoms in total. The van der Waals surface area contributed by atoms with Gasteiger partial charge in [0, 0.05) is 17.3 Å². The number of halogens is 3. The molecule has 4 rings (SSSR count). The van der Waals surface area contributed by atoms with Crippen LogP contribution in [0.2, 0.25) is 0 Å². The molecule has 0 saturated carbocycles. The Hall–Kier alpha value is -3.96. The van der Waals surface area contributed by atoms with Crippen LogP contribution < -0.4 is 10.1 Å². The lowest BCUT2D eigenvalue weighted by Crippen LogP contribution is -2.24. The van der Waals surface area contributed by atoms with Crippen LogP contribution in [0.15, 0.2) is 41.5 Å². The maximum absolute atomic E-state index is 12.8. The van der Waals surface area contributed by atoms with Crippen LogP contribution in [-0.2, 0) is 24.3 Å². The van der Waals surface area contributed by atoms with E-state index in [1.807, 2.05) is 0 Å². The molecule has 172 valence electrons. The summed E-state index contributed by atoms with van der Waals surface area (Å²) >= 11 is 0. The van der Waals surface area contributed by atoms with Crippen LogP contribution in [0.4, 0.5) is 19.0 Å². The smallest absolute Gasteiger partial charge is 0.422 e. The third kappa shape index (κ3) is 5.27. The van der Waals surface area contributed by atoms with Gasteiger partial charge in [-0.25, -0.2) is 9.97 Å². The second-order valence-corrected chi connectivity index (χ2v) is 7.38. The molecule has 2 amide bonds. The Balaban J connectivity index is 1.44. The van der Waals surface area contributed by atoms with Crippen molar-refractivity contribution in [3.05, 3.63) is 65.3 Å². The minimum Gasteiger partial charge on any atom is -0.482 e. The van der Waals surface area contributed by atoms with E-state index in [-0.39, 0.29) is 42.9 Å². The topological polar surface area (TPSA) is 110 Å². The Bertz CT molecular complexity index is 1180. The fourth-order valence-electron chi connectivity index (χ4n) is 3.38. The highest BCUT2D eigenvalue weighted by molar-refractivity contribution is 6.01. The van der Waals surface area contributed by atoms with Crippen molar-refractivity contribution in [2.75, 3.05) is 11.9 Å². The highest BCUT2D eigenvalue weighted by atomic mass is 19.4. The van der Waals surface area contributed by atoms with Gasteiger partial charge in [0.1, 0.15) is 17.3 Å². The monoisotopic (exact) mass is 461 g/mol. The van der Waals surface area contributed by atoms with E-state index in [4.69, 9.17) is 9.15 Å². The fraction of sp³-hybridized carbons (Fsp3) is 0.286. The number of aryl methyl sites for hydroxylation is 1. The number of aromatic nitrogens is 3. The molecule has 0 bridgehead atoms. The molecule has 0 fully saturated rings. The molecule has 0 unspecified atom stereocenters. The molecular formula is C21H18F3N5O4. The van der Waals surface area contributed by atoms with E-state index in [1.54, 1.807) is 19.1 Å². The normalized spacial score (nSPS) is 13.2. The molecule has 1 aliphatic rings. The summed E-state index contributed by atoms with van der Waals surface area (Å²) in [6.07, 6.45) is 0.814. The van der Waals surface area contributed by atoms with Crippen LogP contribution in [-0.4, -0.2) is 44.4 Å². The highest BCUT2D eigenvalue weighted by Gasteiger charge is 2.31. The van der Waals surface area contributed by atoms with Crippen LogP contribution in [0, 0.1) is 6.92 Å². The Morgan fingerprint density at radius 2 is 2.12 bits per heavy atom. The molecule has 33 heavy (non-hydrogen) atoms. The summed E-state index contributed by atoms with van der Waals surface area (Å²) in [4.78, 5) is 38.7. The first-order valence-electron chi connectivity index (χ1n) is 9.79. The summed E-state index contributed by atoms with van der Waals surface area (Å²) in [6, 6.07) is 3.14. The summed E-state index contributed by atoms with van der Waals surface area (Å²) in [6.45, 7) is 0.503. The van der Waals surface area contributed by atoms with Crippen LogP contribution in [0.1, 0.15) is 32.9 Å². The number of anilines is 1. The van der Waals surface area contributed by atoms with Crippen molar-refractivity contribution in [1.82, 2.24) is 19.9 Å². The number of ether oxygens (including phenoxy) is 1. The number of oxazole rings is 1. The van der Waals surface area contributed by atoms with Gasteiger partial charge < -0.3 is 19.4 Å². The second-order valence-electron chi connectivity index (χ2n) is 7.38. The third-order valence-electron chi connectivity index (χ3n) is 4.86. The first-order valence-corrected chi connectivity index (χ1v) is 9.79. The molecule has 0 radical (unpaired) electrons. The van der Waals surface area contributed by atoms with E-state index in [1.165, 1.54) is 29.9 Å². The standard InChI is InChI=1S/C21H18F3N5O4/c1-12-4-13(27-7-17(12)32-10-21(22,23)24)8-29-9-16-15(20(29)31)2-3-26-19(16)28-18(30)5-14-6-25-11-33-14/h2-4,6-7,11H,5,8-10H2,1H3,(H,26,28,30). The molecule has 4 heterocycles. The summed E-state index contributed by atoms with van der Waals surface area (Å²) in [5.74, 6) is 0.0446. The Morgan fingerprint density at radius 1 is 1.30 bits per heavy atom. The van der Waals surface area contributed by atoms with E-state index >= 15 is 0 Å². The number of rotatable bonds is 7. The van der Waals surface area contributed by atoms with Crippen LogP contribution in [0.25, 0.3) is 0 Å². The van der Waals surface area contributed by atoms with Gasteiger partial charge in [0.15, 0.2) is 13.0 Å². The number of alkyl halides is 3. The number of fused-ring (bicyclic) bond motifs is 1. The fourth-order valence-corrected chi connectivity index (χ4v) is 3.38. The molecule has 1 N–H and O–H groups in total. The Labute approximate surface area is 185 Å². The first-order chi connectivity index (χ1) is 15.7. The summed E-state index contributed by atoms with van der Waals surface area (Å²) in [5.41, 5.74) is 1.92. The Morgan fingerprint density at radius 3 is 2.82 bits per heavy atom. The summed E-state index contributed by atoms with van der Waals surface area (Å²) < 4.78 is 46.9. The zero-order valence-corrected chi connectivity index (χ0v) is 17.3. The van der Waals surface area contributed by atoms with E-state index in [9.17, 15) is 22.8 Å². The minimum absolute atomic E-state index is 0.0214. The van der Waals surface area contributed by atoms with Crippen molar-refractivity contribution < 1.29 is 31.9 Å². The van der Waals surface area contributed by atoms with E-state index in [0.717, 1.165) is 0 Å². The van der Waals surface area contributed by atoms with Gasteiger partial charge in [-0.2, -0.15) is 13.2 Å². The van der Waals surface area contributed by atoms with Crippen molar-refractivity contribution in [3.8, 4) is 5.75 Å². The second kappa shape index (κ2) is 8.88. The number of nitrogens with zero attached hydrogens (tertiary/aromatic N) is 4. The van der Waals surface area contributed by atoms with Crippen molar-refractivity contribution >= 4 is 17.6 Å². The molecule has 0 spiro atoms. The number of hydrogen-bond donors (Lipinski definition) is 1. The van der Waals surface area contributed by atoms with Gasteiger partial charge in [0.25, 0.3) is 5.91 Å². The SMILES string of the molecule is Cc1cc(CN2Cc3c(ccnc3NC(=O)Cc3cnco3)C2=O)ncc1OCC(F)(F)F. The maximum Gasteiger partial charge on any atom is 0.422 e. The average Bonchev–Trinajstić information content (AvgIpc) is 3.36. The predicted molar refractivity (Wildman–Crippen MR) is 107 cm³/mol. The molecule has 0 aromatic carbocycles. The Kier molecular flexibility index (Phi) is 5.99. The lowest BCUT2D eigenvalue weighted by atomic mass is 10.1. The van der Waals surface area contributed by atoms with E-state index in [0.29, 0.717) is 28.1 Å². The zero-order chi connectivity index (χ0) is 23.6. The number of hydrogen-bond acceptors (Lipinski definition) is 7. The lowest BCUT2D eigenvalue weighted by molar-refractivity contribution is -0.153. The largest absolute Gasteiger partial charge is 0.482 e. The predicted octanol–water partition coefficient (Wildman–Crippen LogP) is 3.05. The summed E-state index contributed by atoms with van der Waals surface area (Å²) in [7, 11) is 0. The molecule has 0 atom stereocenters. The van der Waals surface area contributed by atoms with Crippen molar-refractivity contribution in [3.63, 3.8) is 0 Å². The van der Waals surface area contributed by atoms with E-state index in [2.05, 4.69) is 20.3 Å². The molecule has 3 aromatic heterocycles. The minimum atomic E-state index is -4.45. The van der Waals surface area contributed by atoms with E-state index < -0.39 is 12.8 Å². The number of amides is 2. The molecule has 3 aromatic rings. The van der Waals surface area contributed by atoms with Gasteiger partial charge in [-0.3, -0.25) is 14.6 Å². The van der Waals surface area contributed by atoms with Gasteiger partial charge in [-0.05, 0) is 24.6 Å². The van der Waals surface area contributed by atoms with Crippen LogP contribution in [0.3, 0.4) is 0 Å². The highest BCUT2D eigenvalue weighted by Crippen LogP contribution is 2.29. The number of pyridine rings is 2. The van der Waals surface area contributed by atoms with Crippen molar-refractivity contribution in [2.24, 2.45) is 0 Å². The van der Waals surface area contributed by atoms with Gasteiger partial charge in [-0.1, -0.05) is 0 Å². The molecule has 1 aliphatic heterocycles. The van der Waals surface area contributed by atoms with Crippen molar-refractivity contribution in [2.45, 2.75) is 32.6 Å². The lowest BCUT2D eigenvalue weighted by Gasteiger charge is -2.17. The molecule has 0 aliphatic carbocycles. The quantitative estimate of drug-likeness (QED) is 0.576.